The van der Waals surface area contributed by atoms with Crippen LogP contribution < -0.4 is 14.8 Å². The average Bonchev–Trinajstić information content (AvgIpc) is 3.62. The summed E-state index contributed by atoms with van der Waals surface area (Å²) in [6.07, 6.45) is 1.71. The zero-order chi connectivity index (χ0) is 26.7. The molecule has 37 heavy (non-hydrogen) atoms. The largest absolute Gasteiger partial charge is 0.437 e. The fraction of sp³-hybridized carbons (Fsp3) is 0.304. The molecule has 14 heteroatoms. The maximum Gasteiger partial charge on any atom is 0.272 e. The van der Waals surface area contributed by atoms with Gasteiger partial charge >= 0.3 is 0 Å². The number of methoxy groups -OCH3 is 1. The zero-order valence-electron chi connectivity index (χ0n) is 19.9. The number of non-ortho nitro benzene ring substituents is 1. The van der Waals surface area contributed by atoms with Crippen molar-refractivity contribution in [3.63, 3.8) is 0 Å². The van der Waals surface area contributed by atoms with E-state index in [0.717, 1.165) is 31.0 Å². The second kappa shape index (κ2) is 10.6. The fourth-order valence-corrected chi connectivity index (χ4v) is 4.58. The molecule has 196 valence electrons. The predicted octanol–water partition coefficient (Wildman–Crippen LogP) is 2.84. The first-order valence-corrected chi connectivity index (χ1v) is 12.7. The summed E-state index contributed by atoms with van der Waals surface area (Å²) >= 11 is 0. The minimum absolute atomic E-state index is 0.0188. The number of halogens is 1. The summed E-state index contributed by atoms with van der Waals surface area (Å²) in [6, 6.07) is 8.39. The van der Waals surface area contributed by atoms with Crippen LogP contribution in [0.4, 0.5) is 10.1 Å². The molecule has 0 aliphatic heterocycles. The van der Waals surface area contributed by atoms with E-state index in [1.54, 1.807) is 6.92 Å². The Morgan fingerprint density at radius 1 is 1.24 bits per heavy atom. The van der Waals surface area contributed by atoms with Crippen molar-refractivity contribution in [2.75, 3.05) is 20.3 Å². The number of rotatable bonds is 11. The van der Waals surface area contributed by atoms with Crippen molar-refractivity contribution in [2.24, 2.45) is 0 Å². The van der Waals surface area contributed by atoms with Crippen LogP contribution in [0.5, 0.6) is 11.6 Å². The molecular formula is C23H24FN5O7S. The Balaban J connectivity index is 1.81. The smallest absolute Gasteiger partial charge is 0.272 e. The Morgan fingerprint density at radius 3 is 2.57 bits per heavy atom. The highest BCUT2D eigenvalue weighted by atomic mass is 32.2. The van der Waals surface area contributed by atoms with Gasteiger partial charge in [0, 0.05) is 37.4 Å². The van der Waals surface area contributed by atoms with Crippen molar-refractivity contribution in [2.45, 2.75) is 30.7 Å². The fourth-order valence-electron chi connectivity index (χ4n) is 3.42. The van der Waals surface area contributed by atoms with Crippen molar-refractivity contribution in [1.82, 2.24) is 19.8 Å². The van der Waals surface area contributed by atoms with Gasteiger partial charge in [0.2, 0.25) is 15.9 Å². The molecule has 0 bridgehead atoms. The summed E-state index contributed by atoms with van der Waals surface area (Å²) in [6.45, 7) is 1.56. The summed E-state index contributed by atoms with van der Waals surface area (Å²) < 4.78 is 54.0. The highest BCUT2D eigenvalue weighted by Gasteiger charge is 2.30. The van der Waals surface area contributed by atoms with Gasteiger partial charge in [0.1, 0.15) is 16.5 Å². The van der Waals surface area contributed by atoms with Crippen LogP contribution in [0.1, 0.15) is 28.9 Å². The number of amides is 1. The lowest BCUT2D eigenvalue weighted by Crippen LogP contribution is -2.27. The summed E-state index contributed by atoms with van der Waals surface area (Å²) in [5, 5.41) is 18.5. The minimum atomic E-state index is -4.27. The molecule has 12 nitrogen and oxygen atoms in total. The van der Waals surface area contributed by atoms with E-state index in [0.29, 0.717) is 5.69 Å². The standard InChI is InChI=1S/C23H24FN5O7S/c1-14-21(22(30)26-16-5-6-16)27-28(17-7-3-15(24)4-8-17)23(14)36-19-10-9-18(29(31)32)13-20(19)37(33,34)25-11-12-35-2/h3-4,7-10,13,16,25H,5-6,11-12H2,1-2H3,(H,26,30). The summed E-state index contributed by atoms with van der Waals surface area (Å²) in [7, 11) is -2.88. The van der Waals surface area contributed by atoms with Gasteiger partial charge in [-0.15, -0.1) is 0 Å². The Bertz CT molecular complexity index is 1440. The molecule has 0 unspecified atom stereocenters. The van der Waals surface area contributed by atoms with E-state index in [9.17, 15) is 27.7 Å². The van der Waals surface area contributed by atoms with Gasteiger partial charge in [-0.1, -0.05) is 0 Å². The predicted molar refractivity (Wildman–Crippen MR) is 129 cm³/mol. The number of nitro benzene ring substituents is 1. The second-order valence-electron chi connectivity index (χ2n) is 8.30. The minimum Gasteiger partial charge on any atom is -0.437 e. The number of aromatic nitrogens is 2. The van der Waals surface area contributed by atoms with Gasteiger partial charge in [-0.25, -0.2) is 17.5 Å². The highest BCUT2D eigenvalue weighted by Crippen LogP contribution is 2.36. The summed E-state index contributed by atoms with van der Waals surface area (Å²) in [4.78, 5) is 22.9. The molecule has 1 amide bonds. The van der Waals surface area contributed by atoms with Crippen LogP contribution in [0.3, 0.4) is 0 Å². The van der Waals surface area contributed by atoms with Crippen LogP contribution in [-0.2, 0) is 14.8 Å². The number of nitro groups is 1. The van der Waals surface area contributed by atoms with Crippen molar-refractivity contribution >= 4 is 21.6 Å². The molecule has 2 aromatic carbocycles. The molecule has 3 aromatic rings. The highest BCUT2D eigenvalue weighted by molar-refractivity contribution is 7.89. The molecule has 0 saturated heterocycles. The van der Waals surface area contributed by atoms with Gasteiger partial charge in [-0.2, -0.15) is 9.78 Å². The van der Waals surface area contributed by atoms with Crippen LogP contribution in [0.2, 0.25) is 0 Å². The molecule has 1 aromatic heterocycles. The lowest BCUT2D eigenvalue weighted by atomic mass is 10.2. The number of sulfonamides is 1. The number of carbonyl (C=O) groups is 1. The molecular weight excluding hydrogens is 509 g/mol. The van der Waals surface area contributed by atoms with E-state index in [-0.39, 0.29) is 42.1 Å². The summed E-state index contributed by atoms with van der Waals surface area (Å²) in [5.74, 6) is -1.19. The number of carbonyl (C=O) groups excluding carboxylic acids is 1. The SMILES string of the molecule is COCCNS(=O)(=O)c1cc([N+](=O)[O-])ccc1Oc1c(C)c(C(=O)NC2CC2)nn1-c1ccc(F)cc1. The molecule has 1 heterocycles. The van der Waals surface area contributed by atoms with Gasteiger partial charge in [0.05, 0.1) is 17.2 Å². The van der Waals surface area contributed by atoms with E-state index in [2.05, 4.69) is 15.1 Å². The average molecular weight is 534 g/mol. The van der Waals surface area contributed by atoms with E-state index in [1.165, 1.54) is 36.1 Å². The summed E-state index contributed by atoms with van der Waals surface area (Å²) in [5.41, 5.74) is 0.203. The molecule has 0 atom stereocenters. The Kier molecular flexibility index (Phi) is 7.52. The number of benzene rings is 2. The Morgan fingerprint density at radius 2 is 1.95 bits per heavy atom. The van der Waals surface area contributed by atoms with E-state index < -0.39 is 37.3 Å². The van der Waals surface area contributed by atoms with Gasteiger partial charge < -0.3 is 14.8 Å². The normalized spacial score (nSPS) is 13.4. The molecule has 1 fully saturated rings. The third-order valence-electron chi connectivity index (χ3n) is 5.50. The number of hydrogen-bond donors (Lipinski definition) is 2. The third-order valence-corrected chi connectivity index (χ3v) is 6.98. The van der Waals surface area contributed by atoms with Crippen molar-refractivity contribution in [1.29, 1.82) is 0 Å². The molecule has 0 radical (unpaired) electrons. The Labute approximate surface area is 211 Å². The van der Waals surface area contributed by atoms with Crippen LogP contribution >= 0.6 is 0 Å². The maximum absolute atomic E-state index is 13.6. The first kappa shape index (κ1) is 26.2. The number of nitrogens with zero attached hydrogens (tertiary/aromatic N) is 3. The molecule has 4 rings (SSSR count). The van der Waals surface area contributed by atoms with Crippen molar-refractivity contribution in [3.05, 3.63) is 69.7 Å². The van der Waals surface area contributed by atoms with Gasteiger partial charge in [0.15, 0.2) is 5.69 Å². The van der Waals surface area contributed by atoms with Crippen LogP contribution in [0, 0.1) is 22.9 Å². The number of ether oxygens (including phenoxy) is 2. The quantitative estimate of drug-likeness (QED) is 0.217. The first-order valence-electron chi connectivity index (χ1n) is 11.2. The molecule has 1 saturated carbocycles. The van der Waals surface area contributed by atoms with Crippen molar-refractivity contribution in [3.8, 4) is 17.3 Å². The Hall–Kier alpha value is -3.88. The van der Waals surface area contributed by atoms with Gasteiger partial charge in [-0.05, 0) is 50.1 Å². The van der Waals surface area contributed by atoms with Gasteiger partial charge in [0.25, 0.3) is 11.6 Å². The lowest BCUT2D eigenvalue weighted by molar-refractivity contribution is -0.385. The molecule has 0 spiro atoms. The van der Waals surface area contributed by atoms with Crippen LogP contribution in [-0.4, -0.2) is 55.3 Å². The number of hydrogen-bond acceptors (Lipinski definition) is 8. The number of nitrogens with one attached hydrogen (secondary N) is 2. The van der Waals surface area contributed by atoms with Crippen LogP contribution in [0.15, 0.2) is 47.4 Å². The maximum atomic E-state index is 13.6. The first-order chi connectivity index (χ1) is 17.6. The topological polar surface area (TPSA) is 155 Å². The molecule has 2 N–H and O–H groups in total. The van der Waals surface area contributed by atoms with Crippen LogP contribution in [0.25, 0.3) is 5.69 Å². The van der Waals surface area contributed by atoms with E-state index >= 15 is 0 Å². The third kappa shape index (κ3) is 5.93. The van der Waals surface area contributed by atoms with Gasteiger partial charge in [-0.3, -0.25) is 14.9 Å². The lowest BCUT2D eigenvalue weighted by Gasteiger charge is -2.14. The monoisotopic (exact) mass is 533 g/mol. The van der Waals surface area contributed by atoms with Crippen molar-refractivity contribution < 1.29 is 32.0 Å². The second-order valence-corrected chi connectivity index (χ2v) is 10.0. The van der Waals surface area contributed by atoms with E-state index in [1.807, 2.05) is 0 Å². The van der Waals surface area contributed by atoms with E-state index in [4.69, 9.17) is 9.47 Å². The zero-order valence-corrected chi connectivity index (χ0v) is 20.7. The molecule has 1 aliphatic rings. The molecule has 1 aliphatic carbocycles.